The van der Waals surface area contributed by atoms with Crippen molar-refractivity contribution >= 4 is 44.4 Å². The highest BCUT2D eigenvalue weighted by atomic mass is 32.2. The summed E-state index contributed by atoms with van der Waals surface area (Å²) in [6.45, 7) is 7.31. The number of hydrogen-bond donors (Lipinski definition) is 0. The molecule has 1 aliphatic rings. The SMILES string of the molecule is Cc1cccc2sc(N(CCCN3CCOCC3)C(=O)CCSc3ccccc3)nc12. The van der Waals surface area contributed by atoms with Crippen LogP contribution in [0, 0.1) is 6.92 Å². The van der Waals surface area contributed by atoms with Crippen molar-refractivity contribution in [2.75, 3.05) is 50.0 Å². The largest absolute Gasteiger partial charge is 0.379 e. The first-order chi connectivity index (χ1) is 15.2. The summed E-state index contributed by atoms with van der Waals surface area (Å²) < 4.78 is 6.58. The van der Waals surface area contributed by atoms with Gasteiger partial charge in [0.05, 0.1) is 23.4 Å². The fourth-order valence-electron chi connectivity index (χ4n) is 3.70. The van der Waals surface area contributed by atoms with E-state index in [2.05, 4.69) is 42.2 Å². The zero-order valence-corrected chi connectivity index (χ0v) is 19.6. The Labute approximate surface area is 192 Å². The third-order valence-electron chi connectivity index (χ3n) is 5.43. The minimum Gasteiger partial charge on any atom is -0.379 e. The van der Waals surface area contributed by atoms with Gasteiger partial charge in [-0.1, -0.05) is 41.7 Å². The van der Waals surface area contributed by atoms with Crippen LogP contribution in [-0.4, -0.2) is 60.9 Å². The molecule has 0 aliphatic carbocycles. The molecule has 1 fully saturated rings. The number of benzene rings is 2. The number of carbonyl (C=O) groups is 1. The molecule has 4 rings (SSSR count). The summed E-state index contributed by atoms with van der Waals surface area (Å²) in [4.78, 5) is 23.6. The minimum atomic E-state index is 0.155. The lowest BCUT2D eigenvalue weighted by Gasteiger charge is -2.27. The Morgan fingerprint density at radius 3 is 2.74 bits per heavy atom. The Morgan fingerprint density at radius 1 is 1.16 bits per heavy atom. The first-order valence-electron chi connectivity index (χ1n) is 10.9. The summed E-state index contributed by atoms with van der Waals surface area (Å²) in [5.74, 6) is 0.925. The summed E-state index contributed by atoms with van der Waals surface area (Å²) in [5.41, 5.74) is 2.16. The molecule has 1 aromatic heterocycles. The number of aryl methyl sites for hydroxylation is 1. The molecule has 0 N–H and O–H groups in total. The molecule has 5 nitrogen and oxygen atoms in total. The molecule has 1 saturated heterocycles. The summed E-state index contributed by atoms with van der Waals surface area (Å²) in [6, 6.07) is 16.5. The van der Waals surface area contributed by atoms with Gasteiger partial charge in [0.2, 0.25) is 5.91 Å². The summed E-state index contributed by atoms with van der Waals surface area (Å²) in [6.07, 6.45) is 1.44. The van der Waals surface area contributed by atoms with Gasteiger partial charge in [-0.15, -0.1) is 11.8 Å². The molecule has 0 radical (unpaired) electrons. The first kappa shape index (κ1) is 22.3. The Balaban J connectivity index is 1.42. The van der Waals surface area contributed by atoms with Crippen LogP contribution in [0.2, 0.25) is 0 Å². The van der Waals surface area contributed by atoms with Crippen LogP contribution in [-0.2, 0) is 9.53 Å². The topological polar surface area (TPSA) is 45.7 Å². The standard InChI is InChI=1S/C24H29N3O2S2/c1-19-7-5-10-21-23(19)25-24(31-21)27(13-6-12-26-14-16-29-17-15-26)22(28)11-18-30-20-8-3-2-4-9-20/h2-5,7-10H,6,11-18H2,1H3. The maximum absolute atomic E-state index is 13.2. The molecule has 31 heavy (non-hydrogen) atoms. The van der Waals surface area contributed by atoms with E-state index in [1.807, 2.05) is 23.1 Å². The third-order valence-corrected chi connectivity index (χ3v) is 7.49. The summed E-state index contributed by atoms with van der Waals surface area (Å²) >= 11 is 3.35. The van der Waals surface area contributed by atoms with Gasteiger partial charge in [-0.25, -0.2) is 4.98 Å². The van der Waals surface area contributed by atoms with Crippen molar-refractivity contribution < 1.29 is 9.53 Å². The van der Waals surface area contributed by atoms with Crippen LogP contribution in [0.3, 0.4) is 0 Å². The maximum atomic E-state index is 13.2. The van der Waals surface area contributed by atoms with Crippen LogP contribution in [0.25, 0.3) is 10.2 Å². The Bertz CT molecular complexity index is 987. The van der Waals surface area contributed by atoms with E-state index in [-0.39, 0.29) is 5.91 Å². The highest BCUT2D eigenvalue weighted by Crippen LogP contribution is 2.31. The van der Waals surface area contributed by atoms with Crippen LogP contribution >= 0.6 is 23.1 Å². The number of aromatic nitrogens is 1. The van der Waals surface area contributed by atoms with Gasteiger partial charge in [0.25, 0.3) is 0 Å². The molecule has 7 heteroatoms. The molecule has 1 aliphatic heterocycles. The molecule has 2 heterocycles. The first-order valence-corrected chi connectivity index (χ1v) is 12.7. The van der Waals surface area contributed by atoms with Crippen molar-refractivity contribution in [3.63, 3.8) is 0 Å². The predicted molar refractivity (Wildman–Crippen MR) is 130 cm³/mol. The number of ether oxygens (including phenoxy) is 1. The van der Waals surface area contributed by atoms with E-state index in [1.54, 1.807) is 23.1 Å². The van der Waals surface area contributed by atoms with Crippen molar-refractivity contribution in [3.8, 4) is 0 Å². The molecular formula is C24H29N3O2S2. The van der Waals surface area contributed by atoms with Crippen molar-refractivity contribution in [1.29, 1.82) is 0 Å². The number of anilines is 1. The lowest BCUT2D eigenvalue weighted by molar-refractivity contribution is -0.118. The molecular weight excluding hydrogens is 426 g/mol. The van der Waals surface area contributed by atoms with Crippen molar-refractivity contribution in [3.05, 3.63) is 54.1 Å². The average molecular weight is 456 g/mol. The Morgan fingerprint density at radius 2 is 1.97 bits per heavy atom. The third kappa shape index (κ3) is 6.07. The number of morpholine rings is 1. The number of nitrogens with zero attached hydrogens (tertiary/aromatic N) is 3. The fraction of sp³-hybridized carbons (Fsp3) is 0.417. The molecule has 1 amide bonds. The van der Waals surface area contributed by atoms with Crippen LogP contribution in [0.15, 0.2) is 53.4 Å². The number of hydrogen-bond acceptors (Lipinski definition) is 6. The van der Waals surface area contributed by atoms with E-state index in [9.17, 15) is 4.79 Å². The number of thioether (sulfide) groups is 1. The predicted octanol–water partition coefficient (Wildman–Crippen LogP) is 4.84. The van der Waals surface area contributed by atoms with Gasteiger partial charge in [0.1, 0.15) is 0 Å². The van der Waals surface area contributed by atoms with E-state index in [0.29, 0.717) is 13.0 Å². The lowest BCUT2D eigenvalue weighted by Crippen LogP contribution is -2.39. The summed E-state index contributed by atoms with van der Waals surface area (Å²) in [7, 11) is 0. The van der Waals surface area contributed by atoms with E-state index < -0.39 is 0 Å². The van der Waals surface area contributed by atoms with Gasteiger partial charge in [0.15, 0.2) is 5.13 Å². The molecule has 2 aromatic carbocycles. The van der Waals surface area contributed by atoms with Crippen LogP contribution in [0.5, 0.6) is 0 Å². The average Bonchev–Trinajstić information content (AvgIpc) is 3.23. The van der Waals surface area contributed by atoms with Gasteiger partial charge in [-0.3, -0.25) is 14.6 Å². The normalized spacial score (nSPS) is 14.7. The molecule has 0 bridgehead atoms. The fourth-order valence-corrected chi connectivity index (χ4v) is 5.65. The molecule has 0 unspecified atom stereocenters. The molecule has 0 saturated carbocycles. The second-order valence-electron chi connectivity index (χ2n) is 7.68. The Kier molecular flexibility index (Phi) is 7.97. The van der Waals surface area contributed by atoms with Gasteiger partial charge in [0, 0.05) is 43.2 Å². The number of carbonyl (C=O) groups excluding carboxylic acids is 1. The maximum Gasteiger partial charge on any atom is 0.229 e. The number of fused-ring (bicyclic) bond motifs is 1. The van der Waals surface area contributed by atoms with Crippen LogP contribution in [0.4, 0.5) is 5.13 Å². The van der Waals surface area contributed by atoms with Gasteiger partial charge >= 0.3 is 0 Å². The van der Waals surface area contributed by atoms with E-state index in [0.717, 1.165) is 65.9 Å². The molecule has 164 valence electrons. The highest BCUT2D eigenvalue weighted by Gasteiger charge is 2.20. The molecule has 3 aromatic rings. The van der Waals surface area contributed by atoms with E-state index in [4.69, 9.17) is 9.72 Å². The number of para-hydroxylation sites is 1. The minimum absolute atomic E-state index is 0.155. The quantitative estimate of drug-likeness (QED) is 0.432. The summed E-state index contributed by atoms with van der Waals surface area (Å²) in [5, 5.41) is 0.820. The Hall–Kier alpha value is -1.93. The second kappa shape index (κ2) is 11.1. The van der Waals surface area contributed by atoms with Crippen LogP contribution < -0.4 is 4.90 Å². The van der Waals surface area contributed by atoms with Crippen molar-refractivity contribution in [2.45, 2.75) is 24.7 Å². The monoisotopic (exact) mass is 455 g/mol. The number of amides is 1. The molecule has 0 spiro atoms. The second-order valence-corrected chi connectivity index (χ2v) is 9.86. The number of rotatable bonds is 9. The van der Waals surface area contributed by atoms with Gasteiger partial charge < -0.3 is 4.74 Å². The zero-order valence-electron chi connectivity index (χ0n) is 18.0. The van der Waals surface area contributed by atoms with Crippen LogP contribution in [0.1, 0.15) is 18.4 Å². The molecule has 0 atom stereocenters. The van der Waals surface area contributed by atoms with Gasteiger partial charge in [-0.05, 0) is 37.1 Å². The smallest absolute Gasteiger partial charge is 0.229 e. The van der Waals surface area contributed by atoms with E-state index >= 15 is 0 Å². The van der Waals surface area contributed by atoms with E-state index in [1.165, 1.54) is 4.90 Å². The van der Waals surface area contributed by atoms with Crippen molar-refractivity contribution in [2.24, 2.45) is 0 Å². The van der Waals surface area contributed by atoms with Gasteiger partial charge in [-0.2, -0.15) is 0 Å². The number of thiazole rings is 1. The van der Waals surface area contributed by atoms with Crippen molar-refractivity contribution in [1.82, 2.24) is 9.88 Å². The zero-order chi connectivity index (χ0) is 21.5. The highest BCUT2D eigenvalue weighted by molar-refractivity contribution is 7.99. The lowest BCUT2D eigenvalue weighted by atomic mass is 10.2.